The van der Waals surface area contributed by atoms with E-state index in [1.165, 1.54) is 0 Å². The molecule has 0 unspecified atom stereocenters. The maximum absolute atomic E-state index is 12.5. The molecule has 0 aliphatic heterocycles. The van der Waals surface area contributed by atoms with Gasteiger partial charge in [0.05, 0.1) is 13.2 Å². The van der Waals surface area contributed by atoms with Crippen molar-refractivity contribution >= 4 is 5.91 Å². The number of hydrogen-bond acceptors (Lipinski definition) is 3. The van der Waals surface area contributed by atoms with Crippen LogP contribution in [0.5, 0.6) is 0 Å². The highest BCUT2D eigenvalue weighted by molar-refractivity contribution is 5.96. The Bertz CT molecular complexity index is 415. The Morgan fingerprint density at radius 3 is 2.78 bits per heavy atom. The minimum atomic E-state index is -0.000741. The zero-order chi connectivity index (χ0) is 13.0. The van der Waals surface area contributed by atoms with E-state index in [0.717, 1.165) is 18.4 Å². The van der Waals surface area contributed by atoms with E-state index < -0.39 is 0 Å². The van der Waals surface area contributed by atoms with E-state index in [-0.39, 0.29) is 12.5 Å². The summed E-state index contributed by atoms with van der Waals surface area (Å²) in [6.45, 7) is 0.846. The maximum atomic E-state index is 12.5. The quantitative estimate of drug-likeness (QED) is 0.829. The predicted molar refractivity (Wildman–Crippen MR) is 68.3 cm³/mol. The largest absolute Gasteiger partial charge is 0.395 e. The lowest BCUT2D eigenvalue weighted by Crippen LogP contribution is -2.36. The van der Waals surface area contributed by atoms with Gasteiger partial charge < -0.3 is 14.7 Å². The van der Waals surface area contributed by atoms with Gasteiger partial charge >= 0.3 is 0 Å². The van der Waals surface area contributed by atoms with Gasteiger partial charge in [-0.3, -0.25) is 4.79 Å². The molecule has 98 valence electrons. The average Bonchev–Trinajstić information content (AvgIpc) is 3.20. The van der Waals surface area contributed by atoms with Crippen LogP contribution in [-0.4, -0.2) is 42.2 Å². The van der Waals surface area contributed by atoms with E-state index in [9.17, 15) is 4.79 Å². The van der Waals surface area contributed by atoms with Crippen LogP contribution in [0.25, 0.3) is 0 Å². The highest BCUT2D eigenvalue weighted by Crippen LogP contribution is 2.28. The van der Waals surface area contributed by atoms with Crippen molar-refractivity contribution in [3.8, 4) is 0 Å². The van der Waals surface area contributed by atoms with Crippen molar-refractivity contribution in [3.05, 3.63) is 35.4 Å². The molecule has 0 aromatic heterocycles. The fourth-order valence-electron chi connectivity index (χ4n) is 2.11. The summed E-state index contributed by atoms with van der Waals surface area (Å²) < 4.78 is 5.11. The second kappa shape index (κ2) is 5.98. The van der Waals surface area contributed by atoms with Crippen molar-refractivity contribution in [2.24, 2.45) is 0 Å². The van der Waals surface area contributed by atoms with Crippen molar-refractivity contribution < 1.29 is 14.6 Å². The van der Waals surface area contributed by atoms with Crippen molar-refractivity contribution in [2.75, 3.05) is 20.3 Å². The summed E-state index contributed by atoms with van der Waals surface area (Å²) in [6.07, 6.45) is 2.08. The van der Waals surface area contributed by atoms with Gasteiger partial charge in [0.15, 0.2) is 0 Å². The van der Waals surface area contributed by atoms with Crippen molar-refractivity contribution in [3.63, 3.8) is 0 Å². The molecule has 1 N–H and O–H groups in total. The lowest BCUT2D eigenvalue weighted by molar-refractivity contribution is 0.0703. The number of methoxy groups -OCH3 is 1. The summed E-state index contributed by atoms with van der Waals surface area (Å²) >= 11 is 0. The molecule has 1 aliphatic carbocycles. The number of carbonyl (C=O) groups is 1. The molecule has 2 rings (SSSR count). The first-order chi connectivity index (χ1) is 8.77. The van der Waals surface area contributed by atoms with Crippen LogP contribution in [0.3, 0.4) is 0 Å². The van der Waals surface area contributed by atoms with E-state index in [4.69, 9.17) is 9.84 Å². The lowest BCUT2D eigenvalue weighted by Gasteiger charge is -2.22. The fraction of sp³-hybridized carbons (Fsp3) is 0.500. The van der Waals surface area contributed by atoms with Gasteiger partial charge in [-0.1, -0.05) is 18.2 Å². The van der Waals surface area contributed by atoms with Gasteiger partial charge in [0.2, 0.25) is 0 Å². The van der Waals surface area contributed by atoms with Crippen LogP contribution in [0.15, 0.2) is 24.3 Å². The Balaban J connectivity index is 2.20. The molecule has 4 heteroatoms. The standard InChI is InChI=1S/C14H19NO3/c1-18-10-11-4-2-3-5-13(11)14(17)15(8-9-16)12-6-7-12/h2-5,12,16H,6-10H2,1H3. The molecule has 0 spiro atoms. The normalized spacial score (nSPS) is 14.6. The van der Waals surface area contributed by atoms with Gasteiger partial charge in [0.1, 0.15) is 0 Å². The molecule has 0 heterocycles. The van der Waals surface area contributed by atoms with Crippen LogP contribution in [0, 0.1) is 0 Å². The number of ether oxygens (including phenoxy) is 1. The molecular weight excluding hydrogens is 230 g/mol. The molecule has 0 bridgehead atoms. The fourth-order valence-corrected chi connectivity index (χ4v) is 2.11. The molecule has 0 radical (unpaired) electrons. The van der Waals surface area contributed by atoms with Crippen molar-refractivity contribution in [1.82, 2.24) is 4.90 Å². The number of aliphatic hydroxyl groups excluding tert-OH is 1. The zero-order valence-electron chi connectivity index (χ0n) is 10.6. The Morgan fingerprint density at radius 2 is 2.17 bits per heavy atom. The Labute approximate surface area is 107 Å². The number of hydrogen-bond donors (Lipinski definition) is 1. The third-order valence-corrected chi connectivity index (χ3v) is 3.14. The monoisotopic (exact) mass is 249 g/mol. The highest BCUT2D eigenvalue weighted by Gasteiger charge is 2.33. The van der Waals surface area contributed by atoms with E-state index >= 15 is 0 Å². The van der Waals surface area contributed by atoms with Crippen LogP contribution in [0.4, 0.5) is 0 Å². The Kier molecular flexibility index (Phi) is 4.33. The summed E-state index contributed by atoms with van der Waals surface area (Å²) in [7, 11) is 1.62. The number of amides is 1. The topological polar surface area (TPSA) is 49.8 Å². The predicted octanol–water partition coefficient (Wildman–Crippen LogP) is 1.43. The van der Waals surface area contributed by atoms with Gasteiger partial charge in [-0.05, 0) is 24.5 Å². The second-order valence-corrected chi connectivity index (χ2v) is 4.54. The first-order valence-electron chi connectivity index (χ1n) is 6.26. The molecule has 1 saturated carbocycles. The minimum absolute atomic E-state index is 0.000741. The zero-order valence-corrected chi connectivity index (χ0v) is 10.6. The summed E-state index contributed by atoms with van der Waals surface area (Å²) in [6, 6.07) is 7.79. The molecule has 1 aliphatic rings. The number of aliphatic hydroxyl groups is 1. The smallest absolute Gasteiger partial charge is 0.254 e. The molecule has 1 fully saturated rings. The van der Waals surface area contributed by atoms with Crippen LogP contribution in [0.2, 0.25) is 0 Å². The molecule has 1 amide bonds. The second-order valence-electron chi connectivity index (χ2n) is 4.54. The molecule has 0 saturated heterocycles. The third-order valence-electron chi connectivity index (χ3n) is 3.14. The summed E-state index contributed by atoms with van der Waals surface area (Å²) in [5.41, 5.74) is 1.58. The minimum Gasteiger partial charge on any atom is -0.395 e. The van der Waals surface area contributed by atoms with E-state index in [1.807, 2.05) is 24.3 Å². The van der Waals surface area contributed by atoms with Gasteiger partial charge in [0, 0.05) is 25.3 Å². The van der Waals surface area contributed by atoms with E-state index in [1.54, 1.807) is 12.0 Å². The number of carbonyl (C=O) groups excluding carboxylic acids is 1. The SMILES string of the molecule is COCc1ccccc1C(=O)N(CCO)C1CC1. The maximum Gasteiger partial charge on any atom is 0.254 e. The van der Waals surface area contributed by atoms with Crippen LogP contribution >= 0.6 is 0 Å². The lowest BCUT2D eigenvalue weighted by atomic mass is 10.1. The van der Waals surface area contributed by atoms with Crippen molar-refractivity contribution in [2.45, 2.75) is 25.5 Å². The van der Waals surface area contributed by atoms with Crippen LogP contribution < -0.4 is 0 Å². The third kappa shape index (κ3) is 2.89. The number of benzene rings is 1. The molecule has 4 nitrogen and oxygen atoms in total. The van der Waals surface area contributed by atoms with Crippen LogP contribution in [0.1, 0.15) is 28.8 Å². The number of rotatable bonds is 6. The average molecular weight is 249 g/mol. The summed E-state index contributed by atoms with van der Waals surface area (Å²) in [5.74, 6) is -0.000741. The number of nitrogens with zero attached hydrogens (tertiary/aromatic N) is 1. The first kappa shape index (κ1) is 13.1. The van der Waals surface area contributed by atoms with Gasteiger partial charge in [-0.15, -0.1) is 0 Å². The Morgan fingerprint density at radius 1 is 1.44 bits per heavy atom. The van der Waals surface area contributed by atoms with E-state index in [0.29, 0.717) is 24.8 Å². The molecule has 18 heavy (non-hydrogen) atoms. The van der Waals surface area contributed by atoms with Gasteiger partial charge in [-0.2, -0.15) is 0 Å². The van der Waals surface area contributed by atoms with Gasteiger partial charge in [0.25, 0.3) is 5.91 Å². The van der Waals surface area contributed by atoms with Crippen molar-refractivity contribution in [1.29, 1.82) is 0 Å². The summed E-state index contributed by atoms with van der Waals surface area (Å²) in [4.78, 5) is 14.2. The molecule has 1 aromatic carbocycles. The van der Waals surface area contributed by atoms with Crippen LogP contribution in [-0.2, 0) is 11.3 Å². The Hall–Kier alpha value is -1.39. The first-order valence-corrected chi connectivity index (χ1v) is 6.26. The molecule has 1 aromatic rings. The molecular formula is C14H19NO3. The molecule has 0 atom stereocenters. The van der Waals surface area contributed by atoms with Gasteiger partial charge in [-0.25, -0.2) is 0 Å². The summed E-state index contributed by atoms with van der Waals surface area (Å²) in [5, 5.41) is 9.06. The van der Waals surface area contributed by atoms with E-state index in [2.05, 4.69) is 0 Å². The highest BCUT2D eigenvalue weighted by atomic mass is 16.5.